The maximum Gasteiger partial charge on any atom is 0.454 e. The van der Waals surface area contributed by atoms with Crippen molar-refractivity contribution >= 4 is 11.5 Å². The van der Waals surface area contributed by atoms with Crippen LogP contribution >= 0.6 is 0 Å². The number of ketones is 1. The quantitative estimate of drug-likeness (QED) is 0.744. The topological polar surface area (TPSA) is 20.3 Å². The number of halogens is 3. The fraction of sp³-hybridized carbons (Fsp3) is 0.417. The molecule has 1 aromatic rings. The van der Waals surface area contributed by atoms with Crippen molar-refractivity contribution in [2.24, 2.45) is 0 Å². The molecule has 0 bridgehead atoms. The number of alkyl halides is 3. The van der Waals surface area contributed by atoms with Gasteiger partial charge in [-0.3, -0.25) is 4.79 Å². The molecular weight excluding hydrogens is 231 g/mol. The molecule has 0 atom stereocenters. The van der Waals surface area contributed by atoms with Crippen LogP contribution in [0.5, 0.6) is 0 Å². The Bertz CT molecular complexity index is 454. The summed E-state index contributed by atoms with van der Waals surface area (Å²) in [6.45, 7) is 3.61. The summed E-state index contributed by atoms with van der Waals surface area (Å²) >= 11 is 0. The van der Waals surface area contributed by atoms with Crippen LogP contribution in [0.2, 0.25) is 0 Å². The highest BCUT2D eigenvalue weighted by Crippen LogP contribution is 2.30. The van der Waals surface area contributed by atoms with Crippen LogP contribution in [0.15, 0.2) is 18.2 Å². The Morgan fingerprint density at radius 2 is 2.12 bits per heavy atom. The van der Waals surface area contributed by atoms with Gasteiger partial charge in [0.05, 0.1) is 0 Å². The molecule has 0 aromatic heterocycles. The normalized spacial score (nSPS) is 14.9. The van der Waals surface area contributed by atoms with Crippen molar-refractivity contribution in [3.8, 4) is 0 Å². The molecule has 2 nitrogen and oxygen atoms in total. The van der Waals surface area contributed by atoms with Gasteiger partial charge in [-0.2, -0.15) is 13.2 Å². The molecule has 1 heterocycles. The van der Waals surface area contributed by atoms with E-state index in [1.54, 1.807) is 6.07 Å². The van der Waals surface area contributed by atoms with Crippen LogP contribution in [0.1, 0.15) is 22.8 Å². The summed E-state index contributed by atoms with van der Waals surface area (Å²) in [6.07, 6.45) is -4.10. The number of carbonyl (C=O) groups excluding carboxylic acids is 1. The van der Waals surface area contributed by atoms with Crippen LogP contribution in [0.3, 0.4) is 0 Å². The van der Waals surface area contributed by atoms with E-state index in [1.807, 2.05) is 6.92 Å². The zero-order valence-electron chi connectivity index (χ0n) is 9.34. The van der Waals surface area contributed by atoms with E-state index in [1.165, 1.54) is 12.1 Å². The number of nitrogens with zero attached hydrogens (tertiary/aromatic N) is 1. The second-order valence-electron chi connectivity index (χ2n) is 4.00. The van der Waals surface area contributed by atoms with Crippen molar-refractivity contribution in [2.45, 2.75) is 19.5 Å². The molecule has 0 amide bonds. The highest BCUT2D eigenvalue weighted by molar-refractivity contribution is 6.00. The average Bonchev–Trinajstić information content (AvgIpc) is 2.68. The molecule has 0 spiro atoms. The molecule has 0 saturated carbocycles. The van der Waals surface area contributed by atoms with E-state index in [-0.39, 0.29) is 5.56 Å². The Morgan fingerprint density at radius 1 is 1.41 bits per heavy atom. The van der Waals surface area contributed by atoms with Gasteiger partial charge in [0.1, 0.15) is 0 Å². The number of Topliss-reactive ketones (excluding diaryl/α,β-unsaturated/α-hetero) is 1. The molecule has 92 valence electrons. The minimum absolute atomic E-state index is 0.269. The molecule has 0 fully saturated rings. The predicted molar refractivity (Wildman–Crippen MR) is 58.4 cm³/mol. The minimum Gasteiger partial charge on any atom is -0.371 e. The summed E-state index contributed by atoms with van der Waals surface area (Å²) < 4.78 is 36.8. The second kappa shape index (κ2) is 4.05. The molecule has 0 aliphatic carbocycles. The molecule has 1 aromatic carbocycles. The number of fused-ring (bicyclic) bond motifs is 1. The molecule has 5 heteroatoms. The number of carbonyl (C=O) groups is 1. The Labute approximate surface area is 97.0 Å². The predicted octanol–water partition coefficient (Wildman–Crippen LogP) is 2.81. The number of likely N-dealkylation sites (N-methyl/N-ethyl adjacent to an activating group) is 1. The number of anilines is 1. The molecule has 17 heavy (non-hydrogen) atoms. The van der Waals surface area contributed by atoms with Gasteiger partial charge in [0.15, 0.2) is 0 Å². The van der Waals surface area contributed by atoms with Crippen molar-refractivity contribution in [2.75, 3.05) is 18.0 Å². The van der Waals surface area contributed by atoms with E-state index in [0.29, 0.717) is 6.42 Å². The number of rotatable bonds is 2. The third-order valence-corrected chi connectivity index (χ3v) is 2.97. The van der Waals surface area contributed by atoms with Crippen LogP contribution < -0.4 is 4.90 Å². The number of benzene rings is 1. The standard InChI is InChI=1S/C12H12F3NO/c1-2-16-6-5-8-7-9(3-4-10(8)16)11(17)12(13,14)15/h3-4,7H,2,5-6H2,1H3. The minimum atomic E-state index is -4.79. The van der Waals surface area contributed by atoms with Crippen LogP contribution in [0.25, 0.3) is 0 Å². The van der Waals surface area contributed by atoms with Gasteiger partial charge in [-0.15, -0.1) is 0 Å². The van der Waals surface area contributed by atoms with Gasteiger partial charge >= 0.3 is 6.18 Å². The third-order valence-electron chi connectivity index (χ3n) is 2.97. The monoisotopic (exact) mass is 243 g/mol. The zero-order chi connectivity index (χ0) is 12.6. The SMILES string of the molecule is CCN1CCc2cc(C(=O)C(F)(F)F)ccc21. The van der Waals surface area contributed by atoms with Crippen LogP contribution in [-0.2, 0) is 6.42 Å². The van der Waals surface area contributed by atoms with Crippen LogP contribution in [0, 0.1) is 0 Å². The van der Waals surface area contributed by atoms with Gasteiger partial charge in [0.2, 0.25) is 0 Å². The third kappa shape index (κ3) is 2.14. The lowest BCUT2D eigenvalue weighted by molar-refractivity contribution is -0.0885. The number of hydrogen-bond acceptors (Lipinski definition) is 2. The van der Waals surface area contributed by atoms with E-state index in [4.69, 9.17) is 0 Å². The van der Waals surface area contributed by atoms with E-state index in [0.717, 1.165) is 24.3 Å². The van der Waals surface area contributed by atoms with Crippen molar-refractivity contribution < 1.29 is 18.0 Å². The molecular formula is C12H12F3NO. The maximum absolute atomic E-state index is 12.3. The molecule has 1 aliphatic rings. The molecule has 2 rings (SSSR count). The van der Waals surface area contributed by atoms with E-state index < -0.39 is 12.0 Å². The average molecular weight is 243 g/mol. The van der Waals surface area contributed by atoms with E-state index in [2.05, 4.69) is 4.90 Å². The van der Waals surface area contributed by atoms with Crippen LogP contribution in [0.4, 0.5) is 18.9 Å². The fourth-order valence-corrected chi connectivity index (χ4v) is 2.10. The molecule has 1 aliphatic heterocycles. The van der Waals surface area contributed by atoms with Gasteiger partial charge in [-0.05, 0) is 37.1 Å². The Morgan fingerprint density at radius 3 is 2.71 bits per heavy atom. The van der Waals surface area contributed by atoms with E-state index in [9.17, 15) is 18.0 Å². The molecule has 0 N–H and O–H groups in total. The lowest BCUT2D eigenvalue weighted by atomic mass is 10.0. The first-order valence-corrected chi connectivity index (χ1v) is 5.43. The van der Waals surface area contributed by atoms with Gasteiger partial charge in [-0.25, -0.2) is 0 Å². The summed E-state index contributed by atoms with van der Waals surface area (Å²) in [5, 5.41) is 0. The van der Waals surface area contributed by atoms with Crippen LogP contribution in [-0.4, -0.2) is 25.0 Å². The summed E-state index contributed by atoms with van der Waals surface area (Å²) in [5.41, 5.74) is 1.49. The Balaban J connectivity index is 2.33. The molecule has 0 unspecified atom stereocenters. The smallest absolute Gasteiger partial charge is 0.371 e. The van der Waals surface area contributed by atoms with Crippen molar-refractivity contribution in [3.05, 3.63) is 29.3 Å². The highest BCUT2D eigenvalue weighted by Gasteiger charge is 2.39. The van der Waals surface area contributed by atoms with E-state index >= 15 is 0 Å². The van der Waals surface area contributed by atoms with Crippen molar-refractivity contribution in [1.29, 1.82) is 0 Å². The first kappa shape index (κ1) is 12.0. The van der Waals surface area contributed by atoms with Crippen molar-refractivity contribution in [1.82, 2.24) is 0 Å². The van der Waals surface area contributed by atoms with Gasteiger partial charge in [-0.1, -0.05) is 0 Å². The Hall–Kier alpha value is -1.52. The second-order valence-corrected chi connectivity index (χ2v) is 4.00. The highest BCUT2D eigenvalue weighted by atomic mass is 19.4. The van der Waals surface area contributed by atoms with Gasteiger partial charge in [0.25, 0.3) is 5.78 Å². The maximum atomic E-state index is 12.3. The van der Waals surface area contributed by atoms with Gasteiger partial charge in [0, 0.05) is 24.3 Å². The summed E-state index contributed by atoms with van der Waals surface area (Å²) in [6, 6.07) is 4.22. The first-order chi connectivity index (χ1) is 7.93. The zero-order valence-corrected chi connectivity index (χ0v) is 9.34. The molecule has 0 radical (unpaired) electrons. The lowest BCUT2D eigenvalue weighted by Crippen LogP contribution is -2.23. The summed E-state index contributed by atoms with van der Waals surface area (Å²) in [7, 11) is 0. The summed E-state index contributed by atoms with van der Waals surface area (Å²) in [5.74, 6) is -1.77. The fourth-order valence-electron chi connectivity index (χ4n) is 2.10. The Kier molecular flexibility index (Phi) is 2.85. The largest absolute Gasteiger partial charge is 0.454 e. The summed E-state index contributed by atoms with van der Waals surface area (Å²) in [4.78, 5) is 13.2. The number of hydrogen-bond donors (Lipinski definition) is 0. The lowest BCUT2D eigenvalue weighted by Gasteiger charge is -2.16. The first-order valence-electron chi connectivity index (χ1n) is 5.43. The van der Waals surface area contributed by atoms with Crippen molar-refractivity contribution in [3.63, 3.8) is 0 Å². The molecule has 0 saturated heterocycles. The van der Waals surface area contributed by atoms with Gasteiger partial charge < -0.3 is 4.90 Å².